The summed E-state index contributed by atoms with van der Waals surface area (Å²) in [5.74, 6) is -0.134. The molecule has 0 fully saturated rings. The van der Waals surface area contributed by atoms with Crippen molar-refractivity contribution in [3.05, 3.63) is 14.2 Å². The largest absolute Gasteiger partial charge is 0.553 e. The number of carbonyl (C=O) groups excluding carboxylic acids is 2. The Morgan fingerprint density at radius 1 is 0.710 bits per heavy atom. The molecule has 2 atom stereocenters. The molecule has 0 aliphatic carbocycles. The molecule has 0 spiro atoms. The number of carbonyl (C=O) groups is 2. The number of hydrogen-bond donors (Lipinski definition) is 2. The second-order valence-corrected chi connectivity index (χ2v) is 6.21. The molecule has 182 valence electrons. The Bertz CT molecular complexity index is 386. The van der Waals surface area contributed by atoms with Crippen LogP contribution in [0.3, 0.4) is 0 Å². The Morgan fingerprint density at radius 3 is 1.23 bits per heavy atom. The van der Waals surface area contributed by atoms with Gasteiger partial charge in [0, 0.05) is 39.4 Å². The zero-order valence-electron chi connectivity index (χ0n) is 19.6. The number of amides is 2. The maximum Gasteiger partial charge on any atom is 0.248 e. The molecule has 0 heterocycles. The standard InChI is InChI=1S/2C10H20NO4.Rf/c2*1-4-11(5-2)10(13)8-15-7-9(12)6-14-3;/h2*9,12H,3-8H2,1-2H3;/q2*-1;. The summed E-state index contributed by atoms with van der Waals surface area (Å²) in [6, 6.07) is 0. The van der Waals surface area contributed by atoms with Gasteiger partial charge in [0.2, 0.25) is 11.8 Å². The minimum atomic E-state index is -0.730. The zero-order chi connectivity index (χ0) is 23.4. The van der Waals surface area contributed by atoms with Gasteiger partial charge in [-0.3, -0.25) is 9.59 Å². The first-order valence-electron chi connectivity index (χ1n) is 10.1. The van der Waals surface area contributed by atoms with Crippen LogP contribution in [-0.2, 0) is 28.5 Å². The van der Waals surface area contributed by atoms with Crippen molar-refractivity contribution in [3.8, 4) is 0 Å². The third-order valence-electron chi connectivity index (χ3n) is 3.92. The molecule has 0 rings (SSSR count). The molecule has 0 bridgehead atoms. The van der Waals surface area contributed by atoms with Crippen LogP contribution in [-0.4, -0.2) is 110 Å². The van der Waals surface area contributed by atoms with Crippen LogP contribution < -0.4 is 0 Å². The van der Waals surface area contributed by atoms with E-state index in [0.717, 1.165) is 0 Å². The SMILES string of the molecule is [CH2-]OCC(O)COCC(=O)N(CC)CC.[CH2-]OCC(O)COCC(=O)N(CC)CC.[Rf]. The van der Waals surface area contributed by atoms with E-state index in [1.807, 2.05) is 27.7 Å². The molecule has 2 N–H and O–H groups in total. The Labute approximate surface area is 181 Å². The molecule has 0 aliphatic rings. The van der Waals surface area contributed by atoms with Gasteiger partial charge in [-0.15, -0.1) is 0 Å². The molecule has 0 saturated carbocycles. The maximum absolute atomic E-state index is 11.4. The van der Waals surface area contributed by atoms with Crippen LogP contribution in [0, 0.1) is 14.2 Å². The van der Waals surface area contributed by atoms with Gasteiger partial charge in [0.15, 0.2) is 0 Å². The number of hydrogen-bond acceptors (Lipinski definition) is 8. The number of nitrogens with zero attached hydrogens (tertiary/aromatic N) is 2. The van der Waals surface area contributed by atoms with Gasteiger partial charge in [-0.2, -0.15) is 0 Å². The number of aliphatic hydroxyl groups is 2. The minimum Gasteiger partial charge on any atom is -0.553 e. The molecular formula is C20H40N2O8Rf-2. The summed E-state index contributed by atoms with van der Waals surface area (Å²) in [6.07, 6.45) is -1.46. The van der Waals surface area contributed by atoms with Gasteiger partial charge >= 0.3 is 0 Å². The van der Waals surface area contributed by atoms with Crippen molar-refractivity contribution in [2.24, 2.45) is 0 Å². The number of ether oxygens (including phenoxy) is 4. The van der Waals surface area contributed by atoms with Gasteiger partial charge < -0.3 is 39.0 Å². The van der Waals surface area contributed by atoms with E-state index in [4.69, 9.17) is 9.47 Å². The van der Waals surface area contributed by atoms with Crippen LogP contribution in [0.5, 0.6) is 0 Å². The fraction of sp³-hybridized carbons (Fsp3) is 0.800. The van der Waals surface area contributed by atoms with Gasteiger partial charge in [-0.1, -0.05) is 0 Å². The van der Waals surface area contributed by atoms with Gasteiger partial charge in [-0.05, 0) is 27.7 Å². The van der Waals surface area contributed by atoms with Gasteiger partial charge in [0.25, 0.3) is 0 Å². The zero-order valence-corrected chi connectivity index (χ0v) is 26.0. The first kappa shape index (κ1) is 33.3. The van der Waals surface area contributed by atoms with Crippen molar-refractivity contribution < 1.29 is 38.7 Å². The van der Waals surface area contributed by atoms with Gasteiger partial charge in [0.1, 0.15) is 13.2 Å². The van der Waals surface area contributed by atoms with Crippen molar-refractivity contribution >= 4 is 11.8 Å². The molecule has 0 aromatic heterocycles. The monoisotopic (exact) mass is 703 g/mol. The fourth-order valence-corrected chi connectivity index (χ4v) is 2.27. The van der Waals surface area contributed by atoms with Crippen molar-refractivity contribution in [3.63, 3.8) is 0 Å². The molecule has 0 aromatic rings. The summed E-state index contributed by atoms with van der Waals surface area (Å²) in [6.45, 7) is 10.7. The molecule has 2 unspecified atom stereocenters. The second-order valence-electron chi connectivity index (χ2n) is 6.21. The topological polar surface area (TPSA) is 118 Å². The number of rotatable bonds is 16. The van der Waals surface area contributed by atoms with Crippen LogP contribution in [0.25, 0.3) is 0 Å². The molecule has 11 heteroatoms. The van der Waals surface area contributed by atoms with Gasteiger partial charge in [0.05, 0.1) is 25.4 Å². The predicted molar refractivity (Wildman–Crippen MR) is 112 cm³/mol. The molecule has 31 heavy (non-hydrogen) atoms. The van der Waals surface area contributed by atoms with E-state index in [0.29, 0.717) is 26.2 Å². The average molecular weight is 704 g/mol. The summed E-state index contributed by atoms with van der Waals surface area (Å²) in [7, 11) is 6.27. The van der Waals surface area contributed by atoms with E-state index in [9.17, 15) is 19.8 Å². The van der Waals surface area contributed by atoms with E-state index >= 15 is 0 Å². The minimum absolute atomic E-state index is 0. The third kappa shape index (κ3) is 18.2. The van der Waals surface area contributed by atoms with Crippen LogP contribution >= 0.6 is 0 Å². The average Bonchev–Trinajstić information content (AvgIpc) is 2.71. The molecule has 10 nitrogen and oxygen atoms in total. The molecular weight excluding hydrogens is 663 g/mol. The first-order valence-corrected chi connectivity index (χ1v) is 10.1. The fourth-order valence-electron chi connectivity index (χ4n) is 2.27. The van der Waals surface area contributed by atoms with Crippen molar-refractivity contribution in [1.82, 2.24) is 9.80 Å². The Balaban J connectivity index is -0.000000490. The summed E-state index contributed by atoms with van der Waals surface area (Å²) < 4.78 is 19.0. The van der Waals surface area contributed by atoms with Crippen LogP contribution in [0.2, 0.25) is 0 Å². The molecule has 0 radical (unpaired) electrons. The van der Waals surface area contributed by atoms with Crippen LogP contribution in [0.4, 0.5) is 0 Å². The summed E-state index contributed by atoms with van der Waals surface area (Å²) in [4.78, 5) is 26.2. The number of aliphatic hydroxyl groups excluding tert-OH is 2. The normalized spacial score (nSPS) is 12.1. The van der Waals surface area contributed by atoms with Crippen molar-refractivity contribution in [2.75, 3.05) is 65.8 Å². The second kappa shape index (κ2) is 22.4. The van der Waals surface area contributed by atoms with E-state index in [1.54, 1.807) is 9.80 Å². The molecule has 2 amide bonds. The van der Waals surface area contributed by atoms with Gasteiger partial charge in [-0.25, -0.2) is 14.2 Å². The smallest absolute Gasteiger partial charge is 0.248 e. The first-order chi connectivity index (χ1) is 14.3. The van der Waals surface area contributed by atoms with E-state index < -0.39 is 12.2 Å². The number of likely N-dealkylation sites (N-methyl/N-ethyl adjacent to an activating group) is 2. The summed E-state index contributed by atoms with van der Waals surface area (Å²) >= 11 is 0. The third-order valence-corrected chi connectivity index (χ3v) is 3.92. The van der Waals surface area contributed by atoms with Crippen LogP contribution in [0.1, 0.15) is 27.7 Å². The molecule has 0 aromatic carbocycles. The van der Waals surface area contributed by atoms with E-state index in [-0.39, 0.29) is 51.5 Å². The maximum atomic E-state index is 11.4. The summed E-state index contributed by atoms with van der Waals surface area (Å²) in [5, 5.41) is 18.4. The Kier molecular flexibility index (Phi) is 24.1. The van der Waals surface area contributed by atoms with Crippen LogP contribution in [0.15, 0.2) is 0 Å². The predicted octanol–water partition coefficient (Wildman–Crippen LogP) is 0.0810. The van der Waals surface area contributed by atoms with Crippen molar-refractivity contribution in [2.45, 2.75) is 39.9 Å². The van der Waals surface area contributed by atoms with Crippen molar-refractivity contribution in [1.29, 1.82) is 0 Å². The molecule has 0 aliphatic heterocycles. The quantitative estimate of drug-likeness (QED) is 0.218. The van der Waals surface area contributed by atoms with E-state index in [1.165, 1.54) is 0 Å². The Morgan fingerprint density at radius 2 is 1.00 bits per heavy atom. The summed E-state index contributed by atoms with van der Waals surface area (Å²) in [5.41, 5.74) is 0. The molecule has 0 saturated heterocycles. The Hall–Kier alpha value is -2.30. The van der Waals surface area contributed by atoms with E-state index in [2.05, 4.69) is 23.7 Å².